The van der Waals surface area contributed by atoms with Crippen molar-refractivity contribution < 1.29 is 24.5 Å². The summed E-state index contributed by atoms with van der Waals surface area (Å²) in [4.78, 5) is 25.1. The van der Waals surface area contributed by atoms with Gasteiger partial charge in [-0.1, -0.05) is 20.8 Å². The molecule has 4 unspecified atom stereocenters. The SMILES string of the molecule is COc1ccc(NC(=O)[C@H](CO)NC(=O)CC2C3CCC(C)(C2O)C3(C)C)cc1. The lowest BCUT2D eigenvalue weighted by molar-refractivity contribution is -0.129. The third-order valence-electron chi connectivity index (χ3n) is 7.56. The van der Waals surface area contributed by atoms with E-state index in [1.165, 1.54) is 0 Å². The second-order valence-electron chi connectivity index (χ2n) is 9.12. The highest BCUT2D eigenvalue weighted by atomic mass is 16.5. The monoisotopic (exact) mass is 404 g/mol. The molecule has 5 atom stereocenters. The van der Waals surface area contributed by atoms with E-state index in [0.717, 1.165) is 12.8 Å². The number of hydrogen-bond acceptors (Lipinski definition) is 5. The smallest absolute Gasteiger partial charge is 0.249 e. The highest BCUT2D eigenvalue weighted by Gasteiger charge is 2.65. The summed E-state index contributed by atoms with van der Waals surface area (Å²) < 4.78 is 5.08. The van der Waals surface area contributed by atoms with Crippen LogP contribution in [-0.2, 0) is 9.59 Å². The second kappa shape index (κ2) is 7.95. The average molecular weight is 405 g/mol. The minimum absolute atomic E-state index is 0.0283. The summed E-state index contributed by atoms with van der Waals surface area (Å²) >= 11 is 0. The van der Waals surface area contributed by atoms with Crippen LogP contribution in [0.4, 0.5) is 5.69 Å². The van der Waals surface area contributed by atoms with Gasteiger partial charge in [-0.2, -0.15) is 0 Å². The van der Waals surface area contributed by atoms with Gasteiger partial charge in [0.25, 0.3) is 0 Å². The first-order chi connectivity index (χ1) is 13.6. The van der Waals surface area contributed by atoms with Crippen molar-refractivity contribution >= 4 is 17.5 Å². The zero-order chi connectivity index (χ0) is 21.4. The summed E-state index contributed by atoms with van der Waals surface area (Å²) in [6.07, 6.45) is 1.58. The number of rotatable bonds is 7. The molecule has 29 heavy (non-hydrogen) atoms. The van der Waals surface area contributed by atoms with Gasteiger partial charge in [0.05, 0.1) is 19.8 Å². The van der Waals surface area contributed by atoms with E-state index in [1.54, 1.807) is 31.4 Å². The molecule has 2 aliphatic rings. The first-order valence-electron chi connectivity index (χ1n) is 10.2. The molecule has 2 aliphatic carbocycles. The number of anilines is 1. The van der Waals surface area contributed by atoms with Gasteiger partial charge in [-0.15, -0.1) is 0 Å². The Balaban J connectivity index is 1.59. The molecular weight excluding hydrogens is 372 g/mol. The normalized spacial score (nSPS) is 30.6. The average Bonchev–Trinajstić information content (AvgIpc) is 3.00. The topological polar surface area (TPSA) is 108 Å². The molecule has 2 saturated carbocycles. The zero-order valence-electron chi connectivity index (χ0n) is 17.6. The maximum atomic E-state index is 12.6. The number of aliphatic hydroxyl groups is 2. The van der Waals surface area contributed by atoms with Gasteiger partial charge in [0.15, 0.2) is 0 Å². The molecule has 0 radical (unpaired) electrons. The predicted octanol–water partition coefficient (Wildman–Crippen LogP) is 1.93. The number of nitrogens with one attached hydrogen (secondary N) is 2. The van der Waals surface area contributed by atoms with Crippen LogP contribution < -0.4 is 15.4 Å². The minimum atomic E-state index is -1.05. The zero-order valence-corrected chi connectivity index (χ0v) is 17.6. The van der Waals surface area contributed by atoms with Crippen LogP contribution in [0.25, 0.3) is 0 Å². The summed E-state index contributed by atoms with van der Waals surface area (Å²) in [5, 5.41) is 25.7. The molecule has 3 rings (SSSR count). The lowest BCUT2D eigenvalue weighted by Gasteiger charge is -2.37. The molecule has 0 aromatic heterocycles. The predicted molar refractivity (Wildman–Crippen MR) is 109 cm³/mol. The first kappa shape index (κ1) is 21.6. The first-order valence-corrected chi connectivity index (χ1v) is 10.2. The Kier molecular flexibility index (Phi) is 5.92. The summed E-state index contributed by atoms with van der Waals surface area (Å²) in [6.45, 7) is 5.94. The third-order valence-corrected chi connectivity index (χ3v) is 7.56. The van der Waals surface area contributed by atoms with Crippen molar-refractivity contribution in [3.63, 3.8) is 0 Å². The van der Waals surface area contributed by atoms with E-state index >= 15 is 0 Å². The van der Waals surface area contributed by atoms with Gasteiger partial charge in [0.2, 0.25) is 11.8 Å². The Morgan fingerprint density at radius 3 is 2.41 bits per heavy atom. The van der Waals surface area contributed by atoms with Crippen LogP contribution in [0, 0.1) is 22.7 Å². The Morgan fingerprint density at radius 2 is 1.90 bits per heavy atom. The molecule has 2 amide bonds. The van der Waals surface area contributed by atoms with Crippen molar-refractivity contribution in [2.24, 2.45) is 22.7 Å². The van der Waals surface area contributed by atoms with Crippen molar-refractivity contribution in [2.45, 2.75) is 52.2 Å². The third kappa shape index (κ3) is 3.73. The molecule has 1 aromatic rings. The van der Waals surface area contributed by atoms with Gasteiger partial charge in [-0.25, -0.2) is 0 Å². The van der Waals surface area contributed by atoms with Crippen molar-refractivity contribution in [1.29, 1.82) is 0 Å². The summed E-state index contributed by atoms with van der Waals surface area (Å²) in [7, 11) is 1.56. The Morgan fingerprint density at radius 1 is 1.24 bits per heavy atom. The largest absolute Gasteiger partial charge is 0.497 e. The number of benzene rings is 1. The Bertz CT molecular complexity index is 763. The second-order valence-corrected chi connectivity index (χ2v) is 9.12. The quantitative estimate of drug-likeness (QED) is 0.555. The standard InChI is InChI=1S/C22H32N2O5/c1-21(2)16-9-10-22(21,3)19(27)15(16)11-18(26)24-17(12-25)20(28)23-13-5-7-14(29-4)8-6-13/h5-8,15-17,19,25,27H,9-12H2,1-4H3,(H,23,28)(H,24,26)/t15?,16?,17-,19?,22?/m0/s1. The number of aliphatic hydroxyl groups excluding tert-OH is 2. The van der Waals surface area contributed by atoms with Gasteiger partial charge in [-0.05, 0) is 59.8 Å². The van der Waals surface area contributed by atoms with Gasteiger partial charge < -0.3 is 25.6 Å². The summed E-state index contributed by atoms with van der Waals surface area (Å²) in [6, 6.07) is 5.73. The maximum Gasteiger partial charge on any atom is 0.249 e. The summed E-state index contributed by atoms with van der Waals surface area (Å²) in [5.41, 5.74) is 0.325. The molecule has 0 aliphatic heterocycles. The van der Waals surface area contributed by atoms with Crippen LogP contribution in [0.5, 0.6) is 5.75 Å². The number of carbonyl (C=O) groups is 2. The van der Waals surface area contributed by atoms with Crippen LogP contribution in [0.1, 0.15) is 40.0 Å². The molecule has 160 valence electrons. The molecule has 2 fully saturated rings. The molecule has 2 bridgehead atoms. The van der Waals surface area contributed by atoms with E-state index in [9.17, 15) is 19.8 Å². The van der Waals surface area contributed by atoms with Gasteiger partial charge in [0, 0.05) is 12.1 Å². The van der Waals surface area contributed by atoms with Crippen molar-refractivity contribution in [2.75, 3.05) is 19.0 Å². The number of ether oxygens (including phenoxy) is 1. The fraction of sp³-hybridized carbons (Fsp3) is 0.636. The minimum Gasteiger partial charge on any atom is -0.497 e. The van der Waals surface area contributed by atoms with Crippen LogP contribution >= 0.6 is 0 Å². The van der Waals surface area contributed by atoms with E-state index in [1.807, 2.05) is 0 Å². The highest BCUT2D eigenvalue weighted by molar-refractivity contribution is 5.97. The van der Waals surface area contributed by atoms with Gasteiger partial charge >= 0.3 is 0 Å². The van der Waals surface area contributed by atoms with E-state index in [2.05, 4.69) is 31.4 Å². The van der Waals surface area contributed by atoms with Crippen molar-refractivity contribution in [3.8, 4) is 5.75 Å². The van der Waals surface area contributed by atoms with Gasteiger partial charge in [0.1, 0.15) is 11.8 Å². The number of fused-ring (bicyclic) bond motifs is 2. The maximum absolute atomic E-state index is 12.6. The fourth-order valence-electron chi connectivity index (χ4n) is 5.35. The van der Waals surface area contributed by atoms with Crippen LogP contribution in [-0.4, -0.2) is 47.9 Å². The Hall–Kier alpha value is -2.12. The lowest BCUT2D eigenvalue weighted by Crippen LogP contribution is -2.47. The van der Waals surface area contributed by atoms with E-state index in [4.69, 9.17) is 4.74 Å². The molecule has 4 N–H and O–H groups in total. The number of hydrogen-bond donors (Lipinski definition) is 4. The number of methoxy groups -OCH3 is 1. The fourth-order valence-corrected chi connectivity index (χ4v) is 5.35. The van der Waals surface area contributed by atoms with Crippen LogP contribution in [0.3, 0.4) is 0 Å². The molecular formula is C22H32N2O5. The van der Waals surface area contributed by atoms with Crippen molar-refractivity contribution in [3.05, 3.63) is 24.3 Å². The molecule has 7 nitrogen and oxygen atoms in total. The number of carbonyl (C=O) groups excluding carboxylic acids is 2. The molecule has 7 heteroatoms. The molecule has 0 spiro atoms. The highest BCUT2D eigenvalue weighted by Crippen LogP contribution is 2.68. The lowest BCUT2D eigenvalue weighted by atomic mass is 9.70. The molecule has 0 saturated heterocycles. The molecule has 0 heterocycles. The Labute approximate surface area is 171 Å². The van der Waals surface area contributed by atoms with Gasteiger partial charge in [-0.3, -0.25) is 9.59 Å². The van der Waals surface area contributed by atoms with Crippen LogP contribution in [0.15, 0.2) is 24.3 Å². The van der Waals surface area contributed by atoms with Crippen LogP contribution in [0.2, 0.25) is 0 Å². The van der Waals surface area contributed by atoms with E-state index in [0.29, 0.717) is 11.4 Å². The summed E-state index contributed by atoms with van der Waals surface area (Å²) in [5.74, 6) is -0.0190. The molecule has 1 aromatic carbocycles. The van der Waals surface area contributed by atoms with Crippen molar-refractivity contribution in [1.82, 2.24) is 5.32 Å². The number of amides is 2. The van der Waals surface area contributed by atoms with E-state index in [-0.39, 0.29) is 35.0 Å². The van der Waals surface area contributed by atoms with E-state index < -0.39 is 24.7 Å².